The first-order valence-corrected chi connectivity index (χ1v) is 12.9. The molecule has 6 nitrogen and oxygen atoms in total. The number of hydrogen-bond acceptors (Lipinski definition) is 5. The summed E-state index contributed by atoms with van der Waals surface area (Å²) in [6.07, 6.45) is 5.53. The van der Waals surface area contributed by atoms with Crippen LogP contribution in [-0.2, 0) is 16.0 Å². The van der Waals surface area contributed by atoms with Gasteiger partial charge in [-0.1, -0.05) is 49.6 Å². The second-order valence-electron chi connectivity index (χ2n) is 8.72. The highest BCUT2D eigenvalue weighted by Crippen LogP contribution is 2.35. The molecule has 0 saturated heterocycles. The lowest BCUT2D eigenvalue weighted by Gasteiger charge is -2.33. The van der Waals surface area contributed by atoms with Gasteiger partial charge in [0.15, 0.2) is 11.5 Å². The molecule has 0 aliphatic heterocycles. The summed E-state index contributed by atoms with van der Waals surface area (Å²) in [5.74, 6) is 0.753. The fourth-order valence-corrected chi connectivity index (χ4v) is 5.34. The van der Waals surface area contributed by atoms with Gasteiger partial charge in [-0.05, 0) is 54.1 Å². The molecule has 4 rings (SSSR count). The van der Waals surface area contributed by atoms with Crippen molar-refractivity contribution in [2.75, 3.05) is 19.1 Å². The van der Waals surface area contributed by atoms with E-state index in [1.54, 1.807) is 31.3 Å². The average molecular weight is 493 g/mol. The zero-order valence-electron chi connectivity index (χ0n) is 20.2. The van der Waals surface area contributed by atoms with Gasteiger partial charge in [0.2, 0.25) is 11.8 Å². The van der Waals surface area contributed by atoms with Crippen molar-refractivity contribution in [3.05, 3.63) is 76.5 Å². The number of benzene rings is 2. The monoisotopic (exact) mass is 492 g/mol. The molecule has 184 valence electrons. The highest BCUT2D eigenvalue weighted by atomic mass is 32.1. The lowest BCUT2D eigenvalue weighted by Crippen LogP contribution is -2.47. The molecule has 0 radical (unpaired) electrons. The van der Waals surface area contributed by atoms with Gasteiger partial charge >= 0.3 is 0 Å². The summed E-state index contributed by atoms with van der Waals surface area (Å²) in [6.45, 7) is 0. The van der Waals surface area contributed by atoms with Crippen LogP contribution in [0.25, 0.3) is 0 Å². The Labute approximate surface area is 210 Å². The maximum atomic E-state index is 13.9. The summed E-state index contributed by atoms with van der Waals surface area (Å²) in [5.41, 5.74) is 1.34. The summed E-state index contributed by atoms with van der Waals surface area (Å²) >= 11 is 1.53. The summed E-state index contributed by atoms with van der Waals surface area (Å²) in [4.78, 5) is 30.3. The third kappa shape index (κ3) is 6.03. The van der Waals surface area contributed by atoms with E-state index in [0.717, 1.165) is 30.6 Å². The molecule has 0 bridgehead atoms. The number of carbonyl (C=O) groups excluding carboxylic acids is 2. The Kier molecular flexibility index (Phi) is 8.42. The number of anilines is 1. The molecule has 1 aliphatic rings. The summed E-state index contributed by atoms with van der Waals surface area (Å²) in [6, 6.07) is 17.9. The van der Waals surface area contributed by atoms with E-state index in [9.17, 15) is 9.59 Å². The van der Waals surface area contributed by atoms with Crippen LogP contribution in [0.2, 0.25) is 0 Å². The third-order valence-corrected chi connectivity index (χ3v) is 7.27. The number of nitrogens with one attached hydrogen (secondary N) is 1. The highest BCUT2D eigenvalue weighted by molar-refractivity contribution is 7.10. The normalized spacial score (nSPS) is 14.7. The predicted octanol–water partition coefficient (Wildman–Crippen LogP) is 5.53. The Hall–Kier alpha value is -3.32. The number of carbonyl (C=O) groups is 2. The molecule has 2 aromatic carbocycles. The van der Waals surface area contributed by atoms with Crippen LogP contribution in [0.4, 0.5) is 5.69 Å². The molecule has 1 atom stereocenters. The average Bonchev–Trinajstić information content (AvgIpc) is 3.40. The summed E-state index contributed by atoms with van der Waals surface area (Å²) < 4.78 is 10.9. The smallest absolute Gasteiger partial charge is 0.248 e. The number of hydrogen-bond donors (Lipinski definition) is 1. The minimum Gasteiger partial charge on any atom is -0.493 e. The van der Waals surface area contributed by atoms with Gasteiger partial charge in [0.05, 0.1) is 20.6 Å². The summed E-state index contributed by atoms with van der Waals surface area (Å²) in [5, 5.41) is 5.20. The fourth-order valence-electron chi connectivity index (χ4n) is 4.64. The number of nitrogens with zero attached hydrogens (tertiary/aromatic N) is 1. The van der Waals surface area contributed by atoms with Gasteiger partial charge in [0.25, 0.3) is 0 Å². The van der Waals surface area contributed by atoms with Crippen molar-refractivity contribution in [3.8, 4) is 11.5 Å². The van der Waals surface area contributed by atoms with E-state index >= 15 is 0 Å². The molecule has 2 amide bonds. The molecule has 1 aliphatic carbocycles. The second-order valence-corrected chi connectivity index (χ2v) is 9.75. The van der Waals surface area contributed by atoms with E-state index in [2.05, 4.69) is 5.32 Å². The number of amides is 2. The number of thiophene rings is 1. The van der Waals surface area contributed by atoms with Crippen LogP contribution in [0.1, 0.15) is 48.6 Å². The van der Waals surface area contributed by atoms with Gasteiger partial charge < -0.3 is 14.8 Å². The molecule has 1 unspecified atom stereocenters. The molecule has 35 heavy (non-hydrogen) atoms. The minimum absolute atomic E-state index is 0.115. The first-order chi connectivity index (χ1) is 17.1. The molecule has 7 heteroatoms. The van der Waals surface area contributed by atoms with Gasteiger partial charge in [-0.3, -0.25) is 14.5 Å². The van der Waals surface area contributed by atoms with Crippen LogP contribution in [0.5, 0.6) is 11.5 Å². The zero-order chi connectivity index (χ0) is 24.6. The van der Waals surface area contributed by atoms with E-state index in [1.165, 1.54) is 17.8 Å². The van der Waals surface area contributed by atoms with Crippen molar-refractivity contribution >= 4 is 28.8 Å². The van der Waals surface area contributed by atoms with E-state index in [0.29, 0.717) is 22.7 Å². The number of ether oxygens (including phenoxy) is 2. The lowest BCUT2D eigenvalue weighted by molar-refractivity contribution is -0.127. The van der Waals surface area contributed by atoms with E-state index in [-0.39, 0.29) is 24.3 Å². The first-order valence-electron chi connectivity index (χ1n) is 12.0. The van der Waals surface area contributed by atoms with Gasteiger partial charge in [0.1, 0.15) is 6.04 Å². The van der Waals surface area contributed by atoms with Gasteiger partial charge in [-0.2, -0.15) is 0 Å². The zero-order valence-corrected chi connectivity index (χ0v) is 21.1. The molecular weight excluding hydrogens is 460 g/mol. The van der Waals surface area contributed by atoms with E-state index in [4.69, 9.17) is 9.47 Å². The van der Waals surface area contributed by atoms with Crippen LogP contribution in [0.15, 0.2) is 66.0 Å². The van der Waals surface area contributed by atoms with Gasteiger partial charge in [-0.15, -0.1) is 11.3 Å². The molecule has 3 aromatic rings. The maximum absolute atomic E-state index is 13.9. The molecule has 1 N–H and O–H groups in total. The van der Waals surface area contributed by atoms with Crippen LogP contribution in [0.3, 0.4) is 0 Å². The first kappa shape index (κ1) is 24.8. The third-order valence-electron chi connectivity index (χ3n) is 6.39. The van der Waals surface area contributed by atoms with Crippen molar-refractivity contribution in [2.45, 2.75) is 50.6 Å². The minimum atomic E-state index is -0.855. The quantitative estimate of drug-likeness (QED) is 0.426. The van der Waals surface area contributed by atoms with Crippen LogP contribution in [0, 0.1) is 0 Å². The Morgan fingerprint density at radius 1 is 0.971 bits per heavy atom. The maximum Gasteiger partial charge on any atom is 0.248 e. The Morgan fingerprint density at radius 2 is 1.71 bits per heavy atom. The Bertz CT molecular complexity index is 1110. The highest BCUT2D eigenvalue weighted by Gasteiger charge is 2.34. The van der Waals surface area contributed by atoms with Crippen LogP contribution < -0.4 is 19.7 Å². The number of methoxy groups -OCH3 is 2. The SMILES string of the molecule is COc1ccc(C(C(=O)NC2CCCCC2)N(C(=O)Cc2cccs2)c2ccccc2)cc1OC. The predicted molar refractivity (Wildman–Crippen MR) is 139 cm³/mol. The Balaban J connectivity index is 1.77. The van der Waals surface area contributed by atoms with E-state index < -0.39 is 6.04 Å². The Morgan fingerprint density at radius 3 is 2.37 bits per heavy atom. The second kappa shape index (κ2) is 11.9. The fraction of sp³-hybridized carbons (Fsp3) is 0.357. The molecule has 0 spiro atoms. The lowest BCUT2D eigenvalue weighted by atomic mass is 9.94. The van der Waals surface area contributed by atoms with Crippen LogP contribution >= 0.6 is 11.3 Å². The van der Waals surface area contributed by atoms with Gasteiger partial charge in [-0.25, -0.2) is 0 Å². The largest absolute Gasteiger partial charge is 0.493 e. The number of para-hydroxylation sites is 1. The van der Waals surface area contributed by atoms with Crippen molar-refractivity contribution < 1.29 is 19.1 Å². The van der Waals surface area contributed by atoms with Crippen molar-refractivity contribution in [3.63, 3.8) is 0 Å². The van der Waals surface area contributed by atoms with Crippen molar-refractivity contribution in [1.29, 1.82) is 0 Å². The van der Waals surface area contributed by atoms with Crippen molar-refractivity contribution in [1.82, 2.24) is 5.32 Å². The summed E-state index contributed by atoms with van der Waals surface area (Å²) in [7, 11) is 3.14. The molecule has 1 aromatic heterocycles. The standard InChI is InChI=1S/C28H32N2O4S/c1-33-24-16-15-20(18-25(24)34-2)27(28(32)29-21-10-5-3-6-11-21)30(22-12-7-4-8-13-22)26(31)19-23-14-9-17-35-23/h4,7-9,12-18,21,27H,3,5-6,10-11,19H2,1-2H3,(H,29,32). The molecule has 1 heterocycles. The van der Waals surface area contributed by atoms with Crippen molar-refractivity contribution in [2.24, 2.45) is 0 Å². The molecule has 1 fully saturated rings. The topological polar surface area (TPSA) is 67.9 Å². The number of rotatable bonds is 9. The van der Waals surface area contributed by atoms with E-state index in [1.807, 2.05) is 53.9 Å². The van der Waals surface area contributed by atoms with Crippen LogP contribution in [-0.4, -0.2) is 32.1 Å². The molecule has 1 saturated carbocycles. The molecular formula is C28H32N2O4S. The van der Waals surface area contributed by atoms with Gasteiger partial charge in [0, 0.05) is 16.6 Å².